The summed E-state index contributed by atoms with van der Waals surface area (Å²) in [5, 5.41) is 9.21. The summed E-state index contributed by atoms with van der Waals surface area (Å²) in [5.41, 5.74) is 1.16. The molecular formula is C15H18N2. The Morgan fingerprint density at radius 2 is 1.82 bits per heavy atom. The second kappa shape index (κ2) is 6.22. The van der Waals surface area contributed by atoms with Gasteiger partial charge in [-0.05, 0) is 31.5 Å². The Labute approximate surface area is 103 Å². The van der Waals surface area contributed by atoms with Gasteiger partial charge >= 0.3 is 0 Å². The van der Waals surface area contributed by atoms with Crippen molar-refractivity contribution in [3.63, 3.8) is 0 Å². The number of rotatable bonds is 3. The second-order valence-electron chi connectivity index (χ2n) is 4.44. The minimum absolute atomic E-state index is 0.0736. The van der Waals surface area contributed by atoms with Crippen molar-refractivity contribution in [2.75, 3.05) is 13.1 Å². The normalized spacial score (nSPS) is 19.0. The Morgan fingerprint density at radius 1 is 1.12 bits per heavy atom. The van der Waals surface area contributed by atoms with Crippen LogP contribution in [0, 0.1) is 11.3 Å². The largest absolute Gasteiger partial charge is 0.285 e. The standard InChI is InChI=1S/C15H18N2/c16-13-15(17-11-5-2-6-12-17)10-9-14-7-3-1-4-8-14/h1,3-4,7-10,15H,2,5-6,11-12H2/b10-9+. The highest BCUT2D eigenvalue weighted by molar-refractivity contribution is 5.50. The monoisotopic (exact) mass is 226 g/mol. The highest BCUT2D eigenvalue weighted by atomic mass is 15.1. The molecule has 0 N–H and O–H groups in total. The van der Waals surface area contributed by atoms with Crippen LogP contribution in [0.3, 0.4) is 0 Å². The van der Waals surface area contributed by atoms with E-state index in [1.807, 2.05) is 30.4 Å². The van der Waals surface area contributed by atoms with Crippen LogP contribution in [0.4, 0.5) is 0 Å². The summed E-state index contributed by atoms with van der Waals surface area (Å²) in [6.07, 6.45) is 7.80. The van der Waals surface area contributed by atoms with Crippen LogP contribution in [0.5, 0.6) is 0 Å². The van der Waals surface area contributed by atoms with Crippen LogP contribution in [-0.2, 0) is 0 Å². The zero-order valence-electron chi connectivity index (χ0n) is 10.0. The van der Waals surface area contributed by atoms with Crippen molar-refractivity contribution < 1.29 is 0 Å². The number of nitriles is 1. The van der Waals surface area contributed by atoms with Gasteiger partial charge in [0.25, 0.3) is 0 Å². The lowest BCUT2D eigenvalue weighted by atomic mass is 10.1. The van der Waals surface area contributed by atoms with E-state index in [0.717, 1.165) is 18.7 Å². The molecular weight excluding hydrogens is 208 g/mol. The van der Waals surface area contributed by atoms with Gasteiger partial charge < -0.3 is 0 Å². The molecule has 0 aliphatic carbocycles. The van der Waals surface area contributed by atoms with E-state index >= 15 is 0 Å². The molecule has 2 nitrogen and oxygen atoms in total. The maximum atomic E-state index is 9.21. The Bertz CT molecular complexity index is 397. The number of hydrogen-bond donors (Lipinski definition) is 0. The Balaban J connectivity index is 2.00. The zero-order chi connectivity index (χ0) is 11.9. The second-order valence-corrected chi connectivity index (χ2v) is 4.44. The number of hydrogen-bond acceptors (Lipinski definition) is 2. The zero-order valence-corrected chi connectivity index (χ0v) is 10.0. The first kappa shape index (κ1) is 11.9. The SMILES string of the molecule is N#CC(/C=C/c1ccccc1)N1CCCCC1. The Hall–Kier alpha value is -1.59. The molecule has 17 heavy (non-hydrogen) atoms. The van der Waals surface area contributed by atoms with Crippen LogP contribution in [0.15, 0.2) is 36.4 Å². The molecule has 88 valence electrons. The molecule has 0 bridgehead atoms. The van der Waals surface area contributed by atoms with Gasteiger partial charge in [0.05, 0.1) is 6.07 Å². The molecule has 1 atom stereocenters. The average molecular weight is 226 g/mol. The van der Waals surface area contributed by atoms with Crippen LogP contribution in [0.25, 0.3) is 6.08 Å². The van der Waals surface area contributed by atoms with Crippen LogP contribution < -0.4 is 0 Å². The first-order valence-electron chi connectivity index (χ1n) is 6.27. The van der Waals surface area contributed by atoms with Crippen LogP contribution in [-0.4, -0.2) is 24.0 Å². The Kier molecular flexibility index (Phi) is 4.35. The predicted molar refractivity (Wildman–Crippen MR) is 70.3 cm³/mol. The summed E-state index contributed by atoms with van der Waals surface area (Å²) in [6, 6.07) is 12.5. The average Bonchev–Trinajstić information content (AvgIpc) is 2.42. The van der Waals surface area contributed by atoms with E-state index in [2.05, 4.69) is 23.1 Å². The summed E-state index contributed by atoms with van der Waals surface area (Å²) in [5.74, 6) is 0. The van der Waals surface area contributed by atoms with Crippen molar-refractivity contribution >= 4 is 6.08 Å². The maximum absolute atomic E-state index is 9.21. The summed E-state index contributed by atoms with van der Waals surface area (Å²) in [6.45, 7) is 2.11. The molecule has 2 heteroatoms. The highest BCUT2D eigenvalue weighted by Gasteiger charge is 2.17. The van der Waals surface area contributed by atoms with E-state index in [-0.39, 0.29) is 6.04 Å². The lowest BCUT2D eigenvalue weighted by Gasteiger charge is -2.28. The molecule has 0 aromatic heterocycles. The van der Waals surface area contributed by atoms with Gasteiger partial charge in [0, 0.05) is 0 Å². The van der Waals surface area contributed by atoms with E-state index in [1.165, 1.54) is 19.3 Å². The highest BCUT2D eigenvalue weighted by Crippen LogP contribution is 2.13. The fourth-order valence-corrected chi connectivity index (χ4v) is 2.21. The minimum Gasteiger partial charge on any atom is -0.285 e. The molecule has 0 spiro atoms. The summed E-state index contributed by atoms with van der Waals surface area (Å²) >= 11 is 0. The molecule has 1 aliphatic heterocycles. The number of nitrogens with zero attached hydrogens (tertiary/aromatic N) is 2. The van der Waals surface area contributed by atoms with Crippen LogP contribution in [0.2, 0.25) is 0 Å². The van der Waals surface area contributed by atoms with Crippen LogP contribution in [0.1, 0.15) is 24.8 Å². The smallest absolute Gasteiger partial charge is 0.117 e. The van der Waals surface area contributed by atoms with Crippen molar-refractivity contribution in [2.24, 2.45) is 0 Å². The summed E-state index contributed by atoms with van der Waals surface area (Å²) in [4.78, 5) is 2.27. The van der Waals surface area contributed by atoms with Gasteiger partial charge in [0.1, 0.15) is 6.04 Å². The van der Waals surface area contributed by atoms with Gasteiger partial charge in [0.2, 0.25) is 0 Å². The number of benzene rings is 1. The fourth-order valence-electron chi connectivity index (χ4n) is 2.21. The molecule has 0 radical (unpaired) electrons. The van der Waals surface area contributed by atoms with Crippen molar-refractivity contribution in [1.82, 2.24) is 4.90 Å². The van der Waals surface area contributed by atoms with Gasteiger partial charge in [-0.15, -0.1) is 0 Å². The molecule has 2 rings (SSSR count). The van der Waals surface area contributed by atoms with Crippen molar-refractivity contribution in [3.05, 3.63) is 42.0 Å². The molecule has 1 unspecified atom stereocenters. The molecule has 1 saturated heterocycles. The van der Waals surface area contributed by atoms with E-state index in [9.17, 15) is 5.26 Å². The van der Waals surface area contributed by atoms with E-state index in [4.69, 9.17) is 0 Å². The fraction of sp³-hybridized carbons (Fsp3) is 0.400. The van der Waals surface area contributed by atoms with E-state index < -0.39 is 0 Å². The minimum atomic E-state index is -0.0736. The third-order valence-electron chi connectivity index (χ3n) is 3.19. The molecule has 0 saturated carbocycles. The molecule has 1 fully saturated rings. The van der Waals surface area contributed by atoms with Gasteiger partial charge in [0.15, 0.2) is 0 Å². The molecule has 1 heterocycles. The predicted octanol–water partition coefficient (Wildman–Crippen LogP) is 3.08. The van der Waals surface area contributed by atoms with Gasteiger partial charge in [-0.25, -0.2) is 0 Å². The van der Waals surface area contributed by atoms with Crippen molar-refractivity contribution in [2.45, 2.75) is 25.3 Å². The first-order valence-corrected chi connectivity index (χ1v) is 6.27. The maximum Gasteiger partial charge on any atom is 0.117 e. The Morgan fingerprint density at radius 3 is 2.47 bits per heavy atom. The van der Waals surface area contributed by atoms with Gasteiger partial charge in [-0.1, -0.05) is 48.9 Å². The number of piperidine rings is 1. The third kappa shape index (κ3) is 3.44. The van der Waals surface area contributed by atoms with E-state index in [1.54, 1.807) is 0 Å². The lowest BCUT2D eigenvalue weighted by Crippen LogP contribution is -2.37. The first-order chi connectivity index (χ1) is 8.40. The number of likely N-dealkylation sites (tertiary alicyclic amines) is 1. The summed E-state index contributed by atoms with van der Waals surface area (Å²) < 4.78 is 0. The quantitative estimate of drug-likeness (QED) is 0.792. The van der Waals surface area contributed by atoms with Crippen LogP contribution >= 0.6 is 0 Å². The van der Waals surface area contributed by atoms with E-state index in [0.29, 0.717) is 0 Å². The van der Waals surface area contributed by atoms with Gasteiger partial charge in [-0.2, -0.15) is 5.26 Å². The topological polar surface area (TPSA) is 27.0 Å². The van der Waals surface area contributed by atoms with Gasteiger partial charge in [-0.3, -0.25) is 4.90 Å². The molecule has 1 aromatic carbocycles. The lowest BCUT2D eigenvalue weighted by molar-refractivity contribution is 0.220. The van der Waals surface area contributed by atoms with Crippen molar-refractivity contribution in [3.8, 4) is 6.07 Å². The van der Waals surface area contributed by atoms with Crippen molar-refractivity contribution in [1.29, 1.82) is 5.26 Å². The summed E-state index contributed by atoms with van der Waals surface area (Å²) in [7, 11) is 0. The molecule has 1 aliphatic rings. The third-order valence-corrected chi connectivity index (χ3v) is 3.19. The molecule has 1 aromatic rings. The molecule has 0 amide bonds.